The molecule has 8 rings (SSSR count). The Morgan fingerprint density at radius 2 is 1.88 bits per heavy atom. The molecule has 2 aliphatic heterocycles. The van der Waals surface area contributed by atoms with Crippen LogP contribution in [0.15, 0.2) is 67.3 Å². The predicted octanol–water partition coefficient (Wildman–Crippen LogP) is 6.38. The molecule has 0 unspecified atom stereocenters. The van der Waals surface area contributed by atoms with Crippen molar-refractivity contribution in [2.45, 2.75) is 108 Å². The number of aliphatic hydroxyl groups is 1. The van der Waals surface area contributed by atoms with Gasteiger partial charge in [-0.2, -0.15) is 15.1 Å². The normalized spacial score (nSPS) is 22.8. The molecule has 4 aromatic heterocycles. The second-order valence-corrected chi connectivity index (χ2v) is 16.6. The van der Waals surface area contributed by atoms with E-state index < -0.39 is 23.2 Å². The second kappa shape index (κ2) is 15.5. The number of fused-ring (bicyclic) bond motifs is 2. The molecule has 6 heterocycles. The van der Waals surface area contributed by atoms with Crippen molar-refractivity contribution < 1.29 is 24.5 Å². The summed E-state index contributed by atoms with van der Waals surface area (Å²) < 4.78 is 10.3. The number of carbonyl (C=O) groups excluding carboxylic acids is 1. The largest absolute Gasteiger partial charge is 0.484 e. The van der Waals surface area contributed by atoms with Crippen LogP contribution in [0.3, 0.4) is 0 Å². The monoisotopic (exact) mass is 779 g/mol. The maximum Gasteiger partial charge on any atom is 0.421 e. The fourth-order valence-corrected chi connectivity index (χ4v) is 9.51. The summed E-state index contributed by atoms with van der Waals surface area (Å²) >= 11 is 0. The molecule has 302 valence electrons. The number of H-pyrrole nitrogens is 1. The number of imide groups is 1. The first-order chi connectivity index (χ1) is 27.5. The molecule has 3 aliphatic rings. The van der Waals surface area contributed by atoms with Crippen LogP contribution in [-0.2, 0) is 5.54 Å². The minimum Gasteiger partial charge on any atom is -0.484 e. The average molecular weight is 780 g/mol. The van der Waals surface area contributed by atoms with Crippen LogP contribution in [0, 0.1) is 0 Å². The number of carbonyl (C=O) groups is 2. The van der Waals surface area contributed by atoms with Gasteiger partial charge in [-0.05, 0) is 109 Å². The van der Waals surface area contributed by atoms with Crippen LogP contribution in [0.1, 0.15) is 96.3 Å². The van der Waals surface area contributed by atoms with E-state index in [9.17, 15) is 15.0 Å². The van der Waals surface area contributed by atoms with E-state index in [4.69, 9.17) is 4.74 Å². The van der Waals surface area contributed by atoms with Crippen molar-refractivity contribution in [1.29, 1.82) is 0 Å². The minimum atomic E-state index is -1.43. The summed E-state index contributed by atoms with van der Waals surface area (Å²) in [4.78, 5) is 35.8. The molecule has 4 atom stereocenters. The molecular formula is C41H53N11O5. The SMILES string of the molecule is C[C@H]1CCCCN1c1nnc2ccc(O[C@@H]3CC[C@@](CCN4CCC[C@H]4CO)(N(C(=O)N(C(=O)O)c4ccnn4-c4cn[nH]c4)C(C)(C)C)c4ccccc43)cn12. The number of hydrogen-bond donors (Lipinski definition) is 3. The lowest BCUT2D eigenvalue weighted by atomic mass is 9.70. The fraction of sp³-hybridized carbons (Fsp3) is 0.512. The van der Waals surface area contributed by atoms with Gasteiger partial charge >= 0.3 is 12.1 Å². The first kappa shape index (κ1) is 38.4. The molecule has 1 aliphatic carbocycles. The van der Waals surface area contributed by atoms with E-state index in [2.05, 4.69) is 54.3 Å². The van der Waals surface area contributed by atoms with Gasteiger partial charge in [0.1, 0.15) is 17.5 Å². The highest BCUT2D eigenvalue weighted by Gasteiger charge is 2.53. The Labute approximate surface area is 332 Å². The third kappa shape index (κ3) is 7.09. The number of hydrogen-bond acceptors (Lipinski definition) is 10. The third-order valence-corrected chi connectivity index (χ3v) is 12.1. The summed E-state index contributed by atoms with van der Waals surface area (Å²) in [5.74, 6) is 1.56. The maximum absolute atomic E-state index is 15.3. The number of anilines is 2. The number of carboxylic acid groups (broad SMARTS) is 1. The molecule has 2 saturated heterocycles. The van der Waals surface area contributed by atoms with Crippen LogP contribution in [-0.4, -0.2) is 111 Å². The van der Waals surface area contributed by atoms with Gasteiger partial charge in [0.2, 0.25) is 5.95 Å². The highest BCUT2D eigenvalue weighted by Crippen LogP contribution is 2.51. The van der Waals surface area contributed by atoms with Gasteiger partial charge in [-0.25, -0.2) is 14.3 Å². The van der Waals surface area contributed by atoms with Gasteiger partial charge in [-0.1, -0.05) is 24.3 Å². The van der Waals surface area contributed by atoms with Crippen molar-refractivity contribution in [1.82, 2.24) is 44.4 Å². The zero-order valence-electron chi connectivity index (χ0n) is 33.2. The molecule has 5 aromatic rings. The molecular weight excluding hydrogens is 727 g/mol. The molecule has 1 aromatic carbocycles. The van der Waals surface area contributed by atoms with Crippen molar-refractivity contribution in [2.75, 3.05) is 36.0 Å². The first-order valence-corrected chi connectivity index (χ1v) is 20.1. The number of rotatable bonds is 10. The minimum absolute atomic E-state index is 0.0287. The number of pyridine rings is 1. The summed E-state index contributed by atoms with van der Waals surface area (Å²) in [6, 6.07) is 13.2. The Balaban J connectivity index is 1.20. The van der Waals surface area contributed by atoms with Crippen molar-refractivity contribution in [2.24, 2.45) is 0 Å². The van der Waals surface area contributed by atoms with Crippen molar-refractivity contribution in [3.8, 4) is 11.4 Å². The molecule has 57 heavy (non-hydrogen) atoms. The molecule has 0 bridgehead atoms. The fourth-order valence-electron chi connectivity index (χ4n) is 9.51. The second-order valence-electron chi connectivity index (χ2n) is 16.6. The lowest BCUT2D eigenvalue weighted by molar-refractivity contribution is 0.00105. The van der Waals surface area contributed by atoms with E-state index in [-0.39, 0.29) is 24.6 Å². The van der Waals surface area contributed by atoms with Crippen LogP contribution >= 0.6 is 0 Å². The number of nitrogens with zero attached hydrogens (tertiary/aromatic N) is 10. The summed E-state index contributed by atoms with van der Waals surface area (Å²) in [6.07, 6.45) is 11.6. The molecule has 16 heteroatoms. The Bertz CT molecular complexity index is 2200. The van der Waals surface area contributed by atoms with E-state index in [1.807, 2.05) is 55.6 Å². The molecule has 2 fully saturated rings. The van der Waals surface area contributed by atoms with Gasteiger partial charge in [0.05, 0.1) is 30.7 Å². The summed E-state index contributed by atoms with van der Waals surface area (Å²) in [7, 11) is 0. The lowest BCUT2D eigenvalue weighted by Gasteiger charge is -2.55. The Morgan fingerprint density at radius 3 is 2.63 bits per heavy atom. The molecule has 0 spiro atoms. The van der Waals surface area contributed by atoms with Gasteiger partial charge in [-0.3, -0.25) is 14.4 Å². The average Bonchev–Trinajstić information content (AvgIpc) is 4.03. The highest BCUT2D eigenvalue weighted by atomic mass is 16.5. The number of aliphatic hydroxyl groups excluding tert-OH is 1. The van der Waals surface area contributed by atoms with Crippen LogP contribution in [0.4, 0.5) is 21.4 Å². The van der Waals surface area contributed by atoms with Gasteiger partial charge < -0.3 is 24.7 Å². The number of aromatic amines is 1. The maximum atomic E-state index is 15.3. The smallest absolute Gasteiger partial charge is 0.421 e. The Kier molecular flexibility index (Phi) is 10.4. The van der Waals surface area contributed by atoms with Crippen molar-refractivity contribution >= 4 is 29.5 Å². The number of aromatic nitrogens is 7. The van der Waals surface area contributed by atoms with Crippen LogP contribution in [0.5, 0.6) is 5.75 Å². The Morgan fingerprint density at radius 1 is 1.04 bits per heavy atom. The van der Waals surface area contributed by atoms with Gasteiger partial charge in [-0.15, -0.1) is 10.2 Å². The topological polar surface area (TPSA) is 173 Å². The number of urea groups is 1. The zero-order valence-corrected chi connectivity index (χ0v) is 33.2. The number of ether oxygens (including phenoxy) is 1. The summed E-state index contributed by atoms with van der Waals surface area (Å²) in [5, 5.41) is 41.3. The van der Waals surface area contributed by atoms with Gasteiger partial charge in [0, 0.05) is 43.0 Å². The van der Waals surface area contributed by atoms with Crippen LogP contribution in [0.2, 0.25) is 0 Å². The molecule has 0 saturated carbocycles. The third-order valence-electron chi connectivity index (χ3n) is 12.1. The number of likely N-dealkylation sites (tertiary alicyclic amines) is 1. The van der Waals surface area contributed by atoms with E-state index in [1.54, 1.807) is 11.1 Å². The Hall–Kier alpha value is -5.48. The van der Waals surface area contributed by atoms with Crippen LogP contribution in [0.25, 0.3) is 11.3 Å². The number of amides is 3. The quantitative estimate of drug-likeness (QED) is 0.144. The van der Waals surface area contributed by atoms with Crippen molar-refractivity contribution in [3.05, 3.63) is 78.4 Å². The highest BCUT2D eigenvalue weighted by molar-refractivity contribution is 6.10. The van der Waals surface area contributed by atoms with E-state index >= 15 is 4.79 Å². The first-order valence-electron chi connectivity index (χ1n) is 20.1. The summed E-state index contributed by atoms with van der Waals surface area (Å²) in [6.45, 7) is 10.5. The molecule has 0 radical (unpaired) electrons. The standard InChI is InChI=1S/C41H53N11O5/c1-28-10-7-8-22-48(28)37-46-45-35-15-14-31(26-49(35)37)57-34-16-18-41(33-13-6-5-12-32(33)34,19-23-47-21-9-11-29(47)27-53)52(40(2,3)4)38(54)50(39(55)56)36-17-20-44-51(36)30-24-42-43-25-30/h5-6,12-15,17,20,24-26,28-29,34,53H,7-11,16,18-19,21-23,27H2,1-4H3,(H,42,43)(H,55,56)/t28-,29-,34+,41-/m0/s1. The van der Waals surface area contributed by atoms with Gasteiger partial charge in [0.15, 0.2) is 11.5 Å². The van der Waals surface area contributed by atoms with Crippen LogP contribution < -0.4 is 14.5 Å². The van der Waals surface area contributed by atoms with Crippen molar-refractivity contribution in [3.63, 3.8) is 0 Å². The lowest BCUT2D eigenvalue weighted by Crippen LogP contribution is -2.64. The number of nitrogens with one attached hydrogen (secondary N) is 1. The number of benzene rings is 1. The summed E-state index contributed by atoms with van der Waals surface area (Å²) in [5.41, 5.74) is 1.27. The zero-order chi connectivity index (χ0) is 39.9. The molecule has 16 nitrogen and oxygen atoms in total. The van der Waals surface area contributed by atoms with E-state index in [0.29, 0.717) is 43.3 Å². The molecule has 3 amide bonds. The number of piperidine rings is 1. The predicted molar refractivity (Wildman–Crippen MR) is 214 cm³/mol. The van der Waals surface area contributed by atoms with E-state index in [1.165, 1.54) is 29.6 Å². The van der Waals surface area contributed by atoms with E-state index in [0.717, 1.165) is 66.4 Å². The van der Waals surface area contributed by atoms with Gasteiger partial charge in [0.25, 0.3) is 0 Å². The molecule has 3 N–H and O–H groups in total.